The Hall–Kier alpha value is -3.15. The lowest BCUT2D eigenvalue weighted by molar-refractivity contribution is -0.142. The number of esters is 1. The van der Waals surface area contributed by atoms with Crippen LogP contribution >= 0.6 is 0 Å². The second-order valence-corrected chi connectivity index (χ2v) is 6.76. The van der Waals surface area contributed by atoms with Crippen molar-refractivity contribution in [3.05, 3.63) is 53.1 Å². The minimum atomic E-state index is -0.279. The van der Waals surface area contributed by atoms with Crippen molar-refractivity contribution in [1.29, 1.82) is 0 Å². The molecule has 0 radical (unpaired) electrons. The van der Waals surface area contributed by atoms with Crippen molar-refractivity contribution in [2.45, 2.75) is 12.8 Å². The summed E-state index contributed by atoms with van der Waals surface area (Å²) >= 11 is 0. The molecule has 0 saturated carbocycles. The first kappa shape index (κ1) is 18.2. The summed E-state index contributed by atoms with van der Waals surface area (Å²) in [6, 6.07) is 11.4. The third-order valence-electron chi connectivity index (χ3n) is 4.99. The van der Waals surface area contributed by atoms with Gasteiger partial charge in [0.15, 0.2) is 11.5 Å². The molecule has 0 amide bonds. The molecule has 4 rings (SSSR count). The molecule has 1 atom stereocenters. The molecule has 1 saturated heterocycles. The van der Waals surface area contributed by atoms with Gasteiger partial charge >= 0.3 is 5.97 Å². The molecule has 2 aliphatic heterocycles. The van der Waals surface area contributed by atoms with Crippen LogP contribution in [0.5, 0.6) is 23.0 Å². The fourth-order valence-electron chi connectivity index (χ4n) is 3.53. The number of hydrogen-bond acceptors (Lipinski definition) is 6. The lowest BCUT2D eigenvalue weighted by Crippen LogP contribution is -2.25. The van der Waals surface area contributed by atoms with Gasteiger partial charge in [0.2, 0.25) is 6.79 Å². The zero-order valence-electron chi connectivity index (χ0n) is 15.9. The molecule has 0 N–H and O–H groups in total. The van der Waals surface area contributed by atoms with Gasteiger partial charge in [-0.25, -0.2) is 4.79 Å². The quantitative estimate of drug-likeness (QED) is 0.581. The van der Waals surface area contributed by atoms with Crippen molar-refractivity contribution in [2.75, 3.05) is 27.6 Å². The number of hydrogen-bond donors (Lipinski definition) is 0. The van der Waals surface area contributed by atoms with Crippen LogP contribution in [0.2, 0.25) is 0 Å². The zero-order chi connectivity index (χ0) is 19.5. The molecule has 6 nitrogen and oxygen atoms in total. The highest BCUT2D eigenvalue weighted by Gasteiger charge is 2.28. The fourth-order valence-corrected chi connectivity index (χ4v) is 3.53. The zero-order valence-corrected chi connectivity index (χ0v) is 15.9. The van der Waals surface area contributed by atoms with Gasteiger partial charge in [0.25, 0.3) is 0 Å². The molecule has 2 heterocycles. The number of carbonyl (C=O) groups is 1. The molecule has 0 aliphatic carbocycles. The van der Waals surface area contributed by atoms with Gasteiger partial charge in [-0.1, -0.05) is 6.07 Å². The first-order chi connectivity index (χ1) is 13.7. The lowest BCUT2D eigenvalue weighted by atomic mass is 9.86. The monoisotopic (exact) mass is 382 g/mol. The maximum absolute atomic E-state index is 12.5. The van der Waals surface area contributed by atoms with Crippen molar-refractivity contribution >= 4 is 12.0 Å². The maximum Gasteiger partial charge on any atom is 0.334 e. The van der Waals surface area contributed by atoms with Gasteiger partial charge in [-0.2, -0.15) is 0 Å². The van der Waals surface area contributed by atoms with E-state index in [-0.39, 0.29) is 18.7 Å². The van der Waals surface area contributed by atoms with Crippen LogP contribution in [0, 0.1) is 5.92 Å². The van der Waals surface area contributed by atoms with E-state index in [1.165, 1.54) is 0 Å². The number of rotatable bonds is 5. The average molecular weight is 382 g/mol. The predicted molar refractivity (Wildman–Crippen MR) is 103 cm³/mol. The summed E-state index contributed by atoms with van der Waals surface area (Å²) in [4.78, 5) is 12.5. The molecular formula is C22H22O6. The Bertz CT molecular complexity index is 895. The topological polar surface area (TPSA) is 63.2 Å². The van der Waals surface area contributed by atoms with Gasteiger partial charge in [-0.3, -0.25) is 0 Å². The Morgan fingerprint density at radius 3 is 2.50 bits per heavy atom. The Morgan fingerprint density at radius 1 is 1.00 bits per heavy atom. The van der Waals surface area contributed by atoms with Gasteiger partial charge in [0.1, 0.15) is 11.5 Å². The van der Waals surface area contributed by atoms with E-state index >= 15 is 0 Å². The number of ether oxygens (including phenoxy) is 5. The Kier molecular flexibility index (Phi) is 5.10. The summed E-state index contributed by atoms with van der Waals surface area (Å²) in [5, 5.41) is 0. The van der Waals surface area contributed by atoms with E-state index in [2.05, 4.69) is 0 Å². The molecule has 0 aromatic heterocycles. The highest BCUT2D eigenvalue weighted by Crippen LogP contribution is 2.35. The largest absolute Gasteiger partial charge is 0.497 e. The molecule has 2 aromatic rings. The van der Waals surface area contributed by atoms with E-state index in [9.17, 15) is 4.79 Å². The predicted octanol–water partition coefficient (Wildman–Crippen LogP) is 3.62. The van der Waals surface area contributed by atoms with E-state index in [0.717, 1.165) is 35.5 Å². The number of methoxy groups -OCH3 is 2. The SMILES string of the molecule is COc1cc(C=C2C(=O)OCC[C@H]2Cc2ccc3c(c2)OCO3)cc(OC)c1. The molecule has 0 unspecified atom stereocenters. The van der Waals surface area contributed by atoms with Gasteiger partial charge < -0.3 is 23.7 Å². The van der Waals surface area contributed by atoms with Crippen molar-refractivity contribution in [3.8, 4) is 23.0 Å². The number of carbonyl (C=O) groups excluding carboxylic acids is 1. The molecule has 146 valence electrons. The lowest BCUT2D eigenvalue weighted by Gasteiger charge is -2.25. The molecule has 28 heavy (non-hydrogen) atoms. The number of cyclic esters (lactones) is 1. The maximum atomic E-state index is 12.5. The van der Waals surface area contributed by atoms with Crippen LogP contribution in [0.25, 0.3) is 6.08 Å². The third kappa shape index (κ3) is 3.76. The van der Waals surface area contributed by atoms with Gasteiger partial charge in [-0.05, 0) is 60.2 Å². The van der Waals surface area contributed by atoms with E-state index in [1.54, 1.807) is 20.3 Å². The van der Waals surface area contributed by atoms with Crippen molar-refractivity contribution in [1.82, 2.24) is 0 Å². The van der Waals surface area contributed by atoms with E-state index in [1.807, 2.05) is 36.4 Å². The summed E-state index contributed by atoms with van der Waals surface area (Å²) in [7, 11) is 3.20. The normalized spacial score (nSPS) is 19.4. The third-order valence-corrected chi connectivity index (χ3v) is 4.99. The van der Waals surface area contributed by atoms with Crippen molar-refractivity contribution in [2.24, 2.45) is 5.92 Å². The minimum absolute atomic E-state index is 0.0545. The molecule has 6 heteroatoms. The second-order valence-electron chi connectivity index (χ2n) is 6.76. The van der Waals surface area contributed by atoms with E-state index in [0.29, 0.717) is 23.7 Å². The highest BCUT2D eigenvalue weighted by molar-refractivity contribution is 5.95. The van der Waals surface area contributed by atoms with Crippen LogP contribution < -0.4 is 18.9 Å². The van der Waals surface area contributed by atoms with Gasteiger partial charge in [-0.15, -0.1) is 0 Å². The van der Waals surface area contributed by atoms with Crippen LogP contribution in [-0.2, 0) is 16.0 Å². The van der Waals surface area contributed by atoms with Crippen molar-refractivity contribution < 1.29 is 28.5 Å². The van der Waals surface area contributed by atoms with Gasteiger partial charge in [0.05, 0.1) is 20.8 Å². The van der Waals surface area contributed by atoms with Crippen LogP contribution in [0.15, 0.2) is 42.0 Å². The number of fused-ring (bicyclic) bond motifs is 1. The fraction of sp³-hybridized carbons (Fsp3) is 0.318. The summed E-state index contributed by atoms with van der Waals surface area (Å²) in [5.74, 6) is 2.62. The summed E-state index contributed by atoms with van der Waals surface area (Å²) in [5.41, 5.74) is 2.58. The second kappa shape index (κ2) is 7.84. The molecule has 0 bridgehead atoms. The highest BCUT2D eigenvalue weighted by atomic mass is 16.7. The summed E-state index contributed by atoms with van der Waals surface area (Å²) in [6.07, 6.45) is 3.36. The molecule has 2 aromatic carbocycles. The first-order valence-electron chi connectivity index (χ1n) is 9.16. The molecule has 2 aliphatic rings. The average Bonchev–Trinajstić information content (AvgIpc) is 3.18. The first-order valence-corrected chi connectivity index (χ1v) is 9.16. The van der Waals surface area contributed by atoms with Crippen LogP contribution in [-0.4, -0.2) is 33.6 Å². The van der Waals surface area contributed by atoms with Gasteiger partial charge in [0, 0.05) is 11.6 Å². The van der Waals surface area contributed by atoms with Crippen molar-refractivity contribution in [3.63, 3.8) is 0 Å². The molecule has 0 spiro atoms. The van der Waals surface area contributed by atoms with Crippen LogP contribution in [0.3, 0.4) is 0 Å². The van der Waals surface area contributed by atoms with Crippen LogP contribution in [0.4, 0.5) is 0 Å². The number of benzene rings is 2. The Labute approximate surface area is 163 Å². The molecular weight excluding hydrogens is 360 g/mol. The summed E-state index contributed by atoms with van der Waals surface area (Å²) in [6.45, 7) is 0.671. The Morgan fingerprint density at radius 2 is 1.75 bits per heavy atom. The molecule has 1 fully saturated rings. The minimum Gasteiger partial charge on any atom is -0.497 e. The Balaban J connectivity index is 1.63. The van der Waals surface area contributed by atoms with E-state index in [4.69, 9.17) is 23.7 Å². The van der Waals surface area contributed by atoms with Crippen LogP contribution in [0.1, 0.15) is 17.5 Å². The summed E-state index contributed by atoms with van der Waals surface area (Å²) < 4.78 is 26.8. The standard InChI is InChI=1S/C22H22O6/c1-24-17-8-15(9-18(12-17)25-2)10-19-16(5-6-26-22(19)23)7-14-3-4-20-21(11-14)28-13-27-20/h3-4,8-12,16H,5-7,13H2,1-2H3/t16-/m0/s1. The smallest absolute Gasteiger partial charge is 0.334 e. The van der Waals surface area contributed by atoms with E-state index < -0.39 is 0 Å².